The molecule has 2 aliphatic heterocycles. The molecule has 2 aliphatic rings. The number of fused-ring (bicyclic) bond motifs is 1. The maximum Gasteiger partial charge on any atom is 0.410 e. The predicted octanol–water partition coefficient (Wildman–Crippen LogP) is 6.60. The van der Waals surface area contributed by atoms with Gasteiger partial charge in [0.05, 0.1) is 24.7 Å². The van der Waals surface area contributed by atoms with Crippen molar-refractivity contribution in [3.05, 3.63) is 83.4 Å². The fraction of sp³-hybridized carbons (Fsp3) is 0.405. The van der Waals surface area contributed by atoms with Crippen LogP contribution in [-0.2, 0) is 35.6 Å². The van der Waals surface area contributed by atoms with Crippen molar-refractivity contribution < 1.29 is 37.0 Å². The van der Waals surface area contributed by atoms with Crippen molar-refractivity contribution in [2.24, 2.45) is 0 Å². The molecular formula is C37H43N3O8S. The first kappa shape index (κ1) is 35.7. The van der Waals surface area contributed by atoms with Gasteiger partial charge in [0.25, 0.3) is 10.0 Å². The average Bonchev–Trinajstić information content (AvgIpc) is 3.43. The third kappa shape index (κ3) is 10.5. The van der Waals surface area contributed by atoms with Gasteiger partial charge in [0.15, 0.2) is 0 Å². The van der Waals surface area contributed by atoms with Crippen molar-refractivity contribution in [1.82, 2.24) is 4.90 Å². The van der Waals surface area contributed by atoms with E-state index < -0.39 is 15.8 Å². The van der Waals surface area contributed by atoms with E-state index in [4.69, 9.17) is 18.9 Å². The molecular weight excluding hydrogens is 646 g/mol. The van der Waals surface area contributed by atoms with Crippen LogP contribution in [0, 0.1) is 11.8 Å². The minimum absolute atomic E-state index is 0.104. The molecule has 2 heterocycles. The van der Waals surface area contributed by atoms with Crippen LogP contribution in [0.25, 0.3) is 0 Å². The Hall–Kier alpha value is -4.57. The minimum atomic E-state index is -3.81. The number of amides is 2. The lowest BCUT2D eigenvalue weighted by Gasteiger charge is -2.32. The van der Waals surface area contributed by atoms with Crippen molar-refractivity contribution in [2.45, 2.75) is 76.3 Å². The third-order valence-corrected chi connectivity index (χ3v) is 9.33. The molecule has 0 radical (unpaired) electrons. The number of nitrogens with one attached hydrogen (secondary N) is 2. The van der Waals surface area contributed by atoms with Gasteiger partial charge in [-0.1, -0.05) is 36.8 Å². The lowest BCUT2D eigenvalue weighted by Crippen LogP contribution is -2.35. The Labute approximate surface area is 288 Å². The Bertz CT molecular complexity index is 1800. The first-order valence-corrected chi connectivity index (χ1v) is 17.9. The van der Waals surface area contributed by atoms with Crippen molar-refractivity contribution in [3.8, 4) is 17.6 Å². The van der Waals surface area contributed by atoms with Crippen LogP contribution in [0.3, 0.4) is 0 Å². The van der Waals surface area contributed by atoms with Gasteiger partial charge in [-0.05, 0) is 73.0 Å². The van der Waals surface area contributed by atoms with Gasteiger partial charge in [0, 0.05) is 62.8 Å². The summed E-state index contributed by atoms with van der Waals surface area (Å²) in [7, 11) is -3.81. The quantitative estimate of drug-likeness (QED) is 0.143. The van der Waals surface area contributed by atoms with E-state index in [1.54, 1.807) is 41.3 Å². The van der Waals surface area contributed by atoms with Crippen LogP contribution in [0.4, 0.5) is 16.2 Å². The van der Waals surface area contributed by atoms with Gasteiger partial charge >= 0.3 is 6.09 Å². The van der Waals surface area contributed by atoms with E-state index in [1.807, 2.05) is 32.0 Å². The molecule has 2 N–H and O–H groups in total. The minimum Gasteiger partial charge on any atom is -0.463 e. The smallest absolute Gasteiger partial charge is 0.410 e. The highest BCUT2D eigenvalue weighted by molar-refractivity contribution is 7.92. The summed E-state index contributed by atoms with van der Waals surface area (Å²) >= 11 is 0. The Kier molecular flexibility index (Phi) is 11.8. The second kappa shape index (κ2) is 16.2. The van der Waals surface area contributed by atoms with E-state index in [9.17, 15) is 18.0 Å². The molecule has 3 aromatic carbocycles. The van der Waals surface area contributed by atoms with Gasteiger partial charge in [0.2, 0.25) is 11.7 Å². The fourth-order valence-corrected chi connectivity index (χ4v) is 6.56. The second-order valence-electron chi connectivity index (χ2n) is 12.4. The molecule has 1 saturated heterocycles. The summed E-state index contributed by atoms with van der Waals surface area (Å²) in [6.45, 7) is 7.93. The van der Waals surface area contributed by atoms with Crippen LogP contribution in [0.5, 0.6) is 5.75 Å². The van der Waals surface area contributed by atoms with Gasteiger partial charge in [-0.3, -0.25) is 9.52 Å². The molecule has 12 heteroatoms. The number of ether oxygens (including phenoxy) is 4. The maximum atomic E-state index is 12.9. The number of rotatable bonds is 14. The molecule has 1 fully saturated rings. The maximum absolute atomic E-state index is 12.9. The number of carbonyl (C=O) groups is 2. The standard InChI is InChI=1S/C37H43N3O8S/c1-27(41)38-31-15-17-32(18-16-31)39-49(43,44)33-13-10-12-28(23-33)11-6-9-22-45-21-8-5-4-7-20-40-25-35(47-36(40)42)29-14-19-34-30(24-29)26-46-37(2,3)48-34/h10,12-19,23-24,35,39H,4-5,7-9,20-22,25-26H2,1-3H3,(H,38,41). The summed E-state index contributed by atoms with van der Waals surface area (Å²) in [5.74, 6) is 6.00. The van der Waals surface area contributed by atoms with Crippen molar-refractivity contribution in [1.29, 1.82) is 0 Å². The zero-order valence-corrected chi connectivity index (χ0v) is 28.9. The molecule has 0 aromatic heterocycles. The summed E-state index contributed by atoms with van der Waals surface area (Å²) in [6.07, 6.45) is 3.73. The van der Waals surface area contributed by atoms with E-state index >= 15 is 0 Å². The van der Waals surface area contributed by atoms with Crippen LogP contribution < -0.4 is 14.8 Å². The second-order valence-corrected chi connectivity index (χ2v) is 14.1. The van der Waals surface area contributed by atoms with Crippen molar-refractivity contribution in [2.75, 3.05) is 36.3 Å². The molecule has 5 rings (SSSR count). The Balaban J connectivity index is 0.947. The number of carbonyl (C=O) groups excluding carboxylic acids is 2. The number of benzene rings is 3. The zero-order chi connectivity index (χ0) is 34.9. The van der Waals surface area contributed by atoms with E-state index in [-0.39, 0.29) is 23.0 Å². The molecule has 49 heavy (non-hydrogen) atoms. The number of unbranched alkanes of at least 4 members (excludes halogenated alkanes) is 3. The topological polar surface area (TPSA) is 133 Å². The fourth-order valence-electron chi connectivity index (χ4n) is 5.45. The highest BCUT2D eigenvalue weighted by atomic mass is 32.2. The van der Waals surface area contributed by atoms with Crippen LogP contribution >= 0.6 is 0 Å². The summed E-state index contributed by atoms with van der Waals surface area (Å²) in [6, 6.07) is 18.7. The van der Waals surface area contributed by atoms with Gasteiger partial charge in [-0.15, -0.1) is 0 Å². The molecule has 3 aromatic rings. The molecule has 0 spiro atoms. The first-order chi connectivity index (χ1) is 23.5. The summed E-state index contributed by atoms with van der Waals surface area (Å²) < 4.78 is 51.3. The van der Waals surface area contributed by atoms with Gasteiger partial charge in [-0.25, -0.2) is 13.2 Å². The SMILES string of the molecule is CC(=O)Nc1ccc(NS(=O)(=O)c2cccc(C#CCCOCCCCCCN3CC(c4ccc5c(c4)COC(C)(C)O5)OC3=O)c2)cc1. The van der Waals surface area contributed by atoms with Gasteiger partial charge in [0.1, 0.15) is 11.9 Å². The third-order valence-electron chi connectivity index (χ3n) is 7.95. The molecule has 1 atom stereocenters. The number of hydrogen-bond acceptors (Lipinski definition) is 8. The highest BCUT2D eigenvalue weighted by Gasteiger charge is 2.33. The molecule has 0 bridgehead atoms. The number of cyclic esters (lactones) is 1. The Morgan fingerprint density at radius 3 is 2.57 bits per heavy atom. The van der Waals surface area contributed by atoms with Crippen molar-refractivity contribution >= 4 is 33.4 Å². The van der Waals surface area contributed by atoms with E-state index in [0.29, 0.717) is 56.3 Å². The van der Waals surface area contributed by atoms with Crippen LogP contribution in [0.15, 0.2) is 71.6 Å². The molecule has 260 valence electrons. The van der Waals surface area contributed by atoms with E-state index in [2.05, 4.69) is 21.9 Å². The highest BCUT2D eigenvalue weighted by Crippen LogP contribution is 2.35. The summed E-state index contributed by atoms with van der Waals surface area (Å²) in [5.41, 5.74) is 3.45. The largest absolute Gasteiger partial charge is 0.463 e. The van der Waals surface area contributed by atoms with Gasteiger partial charge < -0.3 is 29.2 Å². The van der Waals surface area contributed by atoms with E-state index in [0.717, 1.165) is 42.6 Å². The monoisotopic (exact) mass is 689 g/mol. The van der Waals surface area contributed by atoms with Crippen LogP contribution in [0.1, 0.15) is 75.7 Å². The Morgan fingerprint density at radius 2 is 1.78 bits per heavy atom. The lowest BCUT2D eigenvalue weighted by molar-refractivity contribution is -0.180. The molecule has 0 saturated carbocycles. The summed E-state index contributed by atoms with van der Waals surface area (Å²) in [5, 5.41) is 2.64. The first-order valence-electron chi connectivity index (χ1n) is 16.5. The number of nitrogens with zero attached hydrogens (tertiary/aromatic N) is 1. The number of hydrogen-bond donors (Lipinski definition) is 2. The predicted molar refractivity (Wildman–Crippen MR) is 186 cm³/mol. The van der Waals surface area contributed by atoms with E-state index in [1.165, 1.54) is 19.1 Å². The molecule has 0 aliphatic carbocycles. The van der Waals surface area contributed by atoms with Gasteiger partial charge in [-0.2, -0.15) is 0 Å². The van der Waals surface area contributed by atoms with Crippen LogP contribution in [0.2, 0.25) is 0 Å². The normalized spacial score (nSPS) is 16.5. The van der Waals surface area contributed by atoms with Crippen LogP contribution in [-0.4, -0.2) is 57.4 Å². The average molecular weight is 690 g/mol. The molecule has 1 unspecified atom stereocenters. The zero-order valence-electron chi connectivity index (χ0n) is 28.1. The number of anilines is 2. The lowest BCUT2D eigenvalue weighted by atomic mass is 10.0. The van der Waals surface area contributed by atoms with Crippen molar-refractivity contribution in [3.63, 3.8) is 0 Å². The molecule has 2 amide bonds. The number of sulfonamides is 1. The summed E-state index contributed by atoms with van der Waals surface area (Å²) in [4.78, 5) is 25.5. The Morgan fingerprint density at radius 1 is 1.00 bits per heavy atom. The molecule has 11 nitrogen and oxygen atoms in total.